The third kappa shape index (κ3) is 3.37. The number of carbonyl (C=O) groups is 1. The molecule has 0 heterocycles. The quantitative estimate of drug-likeness (QED) is 0.879. The van der Waals surface area contributed by atoms with E-state index in [1.807, 2.05) is 19.9 Å². The van der Waals surface area contributed by atoms with Gasteiger partial charge in [-0.25, -0.2) is 0 Å². The Morgan fingerprint density at radius 2 is 2.12 bits per heavy atom. The number of benzene rings is 1. The van der Waals surface area contributed by atoms with Crippen LogP contribution in [0.2, 0.25) is 5.02 Å². The number of aliphatic carboxylic acids is 1. The van der Waals surface area contributed by atoms with Crippen molar-refractivity contribution in [1.82, 2.24) is 0 Å². The van der Waals surface area contributed by atoms with Crippen LogP contribution in [0.15, 0.2) is 6.07 Å². The minimum atomic E-state index is -0.779. The van der Waals surface area contributed by atoms with Crippen molar-refractivity contribution in [3.63, 3.8) is 0 Å². The maximum absolute atomic E-state index is 10.5. The lowest BCUT2D eigenvalue weighted by Gasteiger charge is -2.14. The van der Waals surface area contributed by atoms with Gasteiger partial charge in [0.25, 0.3) is 0 Å². The van der Waals surface area contributed by atoms with Crippen molar-refractivity contribution >= 4 is 17.6 Å². The number of hydrogen-bond acceptors (Lipinski definition) is 2. The van der Waals surface area contributed by atoms with Crippen molar-refractivity contribution in [3.05, 3.63) is 27.8 Å². The molecule has 0 amide bonds. The predicted molar refractivity (Wildman–Crippen MR) is 68.1 cm³/mol. The summed E-state index contributed by atoms with van der Waals surface area (Å²) in [6.45, 7) is 3.93. The fraction of sp³-hybridized carbons (Fsp3) is 0.462. The van der Waals surface area contributed by atoms with Gasteiger partial charge in [-0.15, -0.1) is 0 Å². The number of hydrogen-bond donors (Lipinski definition) is 1. The molecular formula is C13H17ClO3. The van der Waals surface area contributed by atoms with Gasteiger partial charge in [0.05, 0.1) is 12.1 Å². The van der Waals surface area contributed by atoms with Crippen LogP contribution in [0.3, 0.4) is 0 Å². The maximum atomic E-state index is 10.5. The average Bonchev–Trinajstić information content (AvgIpc) is 2.26. The normalized spacial score (nSPS) is 10.4. The van der Waals surface area contributed by atoms with Gasteiger partial charge in [-0.1, -0.05) is 17.7 Å². The van der Waals surface area contributed by atoms with Crippen LogP contribution in [-0.2, 0) is 11.2 Å². The van der Waals surface area contributed by atoms with E-state index in [0.29, 0.717) is 23.6 Å². The third-order valence-electron chi connectivity index (χ3n) is 2.84. The molecule has 0 saturated carbocycles. The maximum Gasteiger partial charge on any atom is 0.303 e. The monoisotopic (exact) mass is 256 g/mol. The lowest BCUT2D eigenvalue weighted by molar-refractivity contribution is -0.137. The molecule has 0 unspecified atom stereocenters. The molecule has 3 nitrogen and oxygen atoms in total. The van der Waals surface area contributed by atoms with Gasteiger partial charge >= 0.3 is 5.97 Å². The molecule has 0 aliphatic rings. The van der Waals surface area contributed by atoms with Crippen LogP contribution in [-0.4, -0.2) is 18.2 Å². The highest BCUT2D eigenvalue weighted by molar-refractivity contribution is 6.33. The van der Waals surface area contributed by atoms with E-state index in [1.54, 1.807) is 7.11 Å². The minimum absolute atomic E-state index is 0.160. The Labute approximate surface area is 106 Å². The third-order valence-corrected chi connectivity index (χ3v) is 3.30. The molecule has 0 fully saturated rings. The lowest BCUT2D eigenvalue weighted by Crippen LogP contribution is -2.00. The van der Waals surface area contributed by atoms with Crippen molar-refractivity contribution in [2.75, 3.05) is 7.11 Å². The first-order valence-corrected chi connectivity index (χ1v) is 5.89. The molecule has 0 saturated heterocycles. The van der Waals surface area contributed by atoms with Gasteiger partial charge < -0.3 is 9.84 Å². The van der Waals surface area contributed by atoms with Crippen LogP contribution in [0.25, 0.3) is 0 Å². The summed E-state index contributed by atoms with van der Waals surface area (Å²) in [5.41, 5.74) is 3.08. The van der Waals surface area contributed by atoms with Gasteiger partial charge in [-0.05, 0) is 43.4 Å². The van der Waals surface area contributed by atoms with Gasteiger partial charge in [0.1, 0.15) is 5.75 Å². The summed E-state index contributed by atoms with van der Waals surface area (Å²) in [6, 6.07) is 2.02. The summed E-state index contributed by atoms with van der Waals surface area (Å²) < 4.78 is 5.29. The van der Waals surface area contributed by atoms with Crippen molar-refractivity contribution in [1.29, 1.82) is 0 Å². The largest absolute Gasteiger partial charge is 0.495 e. The summed E-state index contributed by atoms with van der Waals surface area (Å²) in [5, 5.41) is 9.24. The van der Waals surface area contributed by atoms with E-state index in [-0.39, 0.29) is 6.42 Å². The molecule has 17 heavy (non-hydrogen) atoms. The standard InChI is InChI=1S/C13H17ClO3/c1-8-7-10(5-4-6-11(15)16)13(17-3)12(14)9(8)2/h7H,4-6H2,1-3H3,(H,15,16). The molecule has 0 atom stereocenters. The zero-order chi connectivity index (χ0) is 13.0. The molecule has 1 N–H and O–H groups in total. The Bertz CT molecular complexity index is 427. The number of aryl methyl sites for hydroxylation is 2. The predicted octanol–water partition coefficient (Wildman–Crippen LogP) is 3.37. The number of methoxy groups -OCH3 is 1. The highest BCUT2D eigenvalue weighted by Gasteiger charge is 2.13. The summed E-state index contributed by atoms with van der Waals surface area (Å²) in [6.07, 6.45) is 1.41. The van der Waals surface area contributed by atoms with E-state index >= 15 is 0 Å². The second kappa shape index (κ2) is 5.92. The van der Waals surface area contributed by atoms with E-state index in [0.717, 1.165) is 16.7 Å². The average molecular weight is 257 g/mol. The molecule has 1 aromatic rings. The van der Waals surface area contributed by atoms with Crippen LogP contribution in [0.1, 0.15) is 29.5 Å². The number of ether oxygens (including phenoxy) is 1. The number of carboxylic acids is 1. The van der Waals surface area contributed by atoms with Gasteiger partial charge in [0.2, 0.25) is 0 Å². The second-order valence-electron chi connectivity index (χ2n) is 4.07. The zero-order valence-corrected chi connectivity index (χ0v) is 11.1. The molecule has 0 aliphatic carbocycles. The fourth-order valence-corrected chi connectivity index (χ4v) is 2.10. The summed E-state index contributed by atoms with van der Waals surface area (Å²) in [4.78, 5) is 10.5. The van der Waals surface area contributed by atoms with Gasteiger partial charge in [-0.3, -0.25) is 4.79 Å². The second-order valence-corrected chi connectivity index (χ2v) is 4.45. The van der Waals surface area contributed by atoms with E-state index in [2.05, 4.69) is 0 Å². The molecule has 0 aromatic heterocycles. The molecule has 1 aromatic carbocycles. The van der Waals surface area contributed by atoms with Crippen molar-refractivity contribution in [2.24, 2.45) is 0 Å². The molecule has 0 bridgehead atoms. The SMILES string of the molecule is COc1c(CCCC(=O)O)cc(C)c(C)c1Cl. The van der Waals surface area contributed by atoms with E-state index in [1.165, 1.54) is 0 Å². The highest BCUT2D eigenvalue weighted by Crippen LogP contribution is 2.34. The van der Waals surface area contributed by atoms with Crippen LogP contribution < -0.4 is 4.74 Å². The summed E-state index contributed by atoms with van der Waals surface area (Å²) in [5.74, 6) is -0.112. The topological polar surface area (TPSA) is 46.5 Å². The Morgan fingerprint density at radius 1 is 1.47 bits per heavy atom. The molecule has 4 heteroatoms. The zero-order valence-electron chi connectivity index (χ0n) is 10.3. The van der Waals surface area contributed by atoms with Crippen molar-refractivity contribution < 1.29 is 14.6 Å². The smallest absolute Gasteiger partial charge is 0.303 e. The van der Waals surface area contributed by atoms with Gasteiger partial charge in [-0.2, -0.15) is 0 Å². The molecule has 0 spiro atoms. The Hall–Kier alpha value is -1.22. The van der Waals surface area contributed by atoms with Crippen molar-refractivity contribution in [3.8, 4) is 5.75 Å². The molecule has 1 rings (SSSR count). The first kappa shape index (κ1) is 13.8. The fourth-order valence-electron chi connectivity index (χ4n) is 1.76. The molecule has 0 radical (unpaired) electrons. The number of carboxylic acid groups (broad SMARTS) is 1. The van der Waals surface area contributed by atoms with Crippen LogP contribution in [0.5, 0.6) is 5.75 Å². The molecular weight excluding hydrogens is 240 g/mol. The summed E-state index contributed by atoms with van der Waals surface area (Å²) >= 11 is 6.20. The first-order chi connectivity index (χ1) is 7.97. The first-order valence-electron chi connectivity index (χ1n) is 5.51. The van der Waals surface area contributed by atoms with Crippen LogP contribution in [0.4, 0.5) is 0 Å². The number of halogens is 1. The highest BCUT2D eigenvalue weighted by atomic mass is 35.5. The minimum Gasteiger partial charge on any atom is -0.495 e. The Balaban J connectivity index is 2.94. The van der Waals surface area contributed by atoms with E-state index < -0.39 is 5.97 Å². The Morgan fingerprint density at radius 3 is 2.65 bits per heavy atom. The van der Waals surface area contributed by atoms with Crippen molar-refractivity contribution in [2.45, 2.75) is 33.1 Å². The Kier molecular flexibility index (Phi) is 4.82. The van der Waals surface area contributed by atoms with Gasteiger partial charge in [0.15, 0.2) is 0 Å². The molecule has 0 aliphatic heterocycles. The van der Waals surface area contributed by atoms with Crippen LogP contribution >= 0.6 is 11.6 Å². The van der Waals surface area contributed by atoms with E-state index in [9.17, 15) is 4.79 Å². The van der Waals surface area contributed by atoms with Crippen LogP contribution in [0, 0.1) is 13.8 Å². The molecule has 94 valence electrons. The van der Waals surface area contributed by atoms with E-state index in [4.69, 9.17) is 21.4 Å². The number of rotatable bonds is 5. The summed E-state index contributed by atoms with van der Waals surface area (Å²) in [7, 11) is 1.58. The lowest BCUT2D eigenvalue weighted by atomic mass is 10.0. The van der Waals surface area contributed by atoms with Gasteiger partial charge in [0, 0.05) is 6.42 Å².